The van der Waals surface area contributed by atoms with Crippen LogP contribution in [0.2, 0.25) is 0 Å². The van der Waals surface area contributed by atoms with E-state index >= 15 is 0 Å². The van der Waals surface area contributed by atoms with Gasteiger partial charge in [-0.05, 0) is 25.0 Å². The number of urea groups is 1. The van der Waals surface area contributed by atoms with Crippen LogP contribution in [0, 0.1) is 0 Å². The molecule has 5 heteroatoms. The van der Waals surface area contributed by atoms with Gasteiger partial charge in [0.2, 0.25) is 5.91 Å². The highest BCUT2D eigenvalue weighted by atomic mass is 16.3. The van der Waals surface area contributed by atoms with Gasteiger partial charge < -0.3 is 5.11 Å². The standard InChI is InChI=1S/C12H14N2O3/c1-2-5-12(17)6-3-4-9(7-12)14-8-10(15)13-11(14)16/h2-4,7,17H,1,5-6,8H2,(H,13,15,16). The van der Waals surface area contributed by atoms with Gasteiger partial charge in [-0.25, -0.2) is 4.79 Å². The molecule has 1 unspecified atom stereocenters. The van der Waals surface area contributed by atoms with Gasteiger partial charge in [0, 0.05) is 5.70 Å². The zero-order valence-corrected chi connectivity index (χ0v) is 9.35. The van der Waals surface area contributed by atoms with Crippen molar-refractivity contribution in [2.45, 2.75) is 18.4 Å². The van der Waals surface area contributed by atoms with Crippen LogP contribution < -0.4 is 5.32 Å². The van der Waals surface area contributed by atoms with Gasteiger partial charge in [-0.1, -0.05) is 12.2 Å². The van der Waals surface area contributed by atoms with Gasteiger partial charge in [0.25, 0.3) is 0 Å². The van der Waals surface area contributed by atoms with Gasteiger partial charge >= 0.3 is 6.03 Å². The molecular weight excluding hydrogens is 220 g/mol. The van der Waals surface area contributed by atoms with Crippen molar-refractivity contribution in [2.75, 3.05) is 6.54 Å². The third-order valence-corrected chi connectivity index (χ3v) is 2.78. The molecule has 2 rings (SSSR count). The molecule has 2 aliphatic rings. The van der Waals surface area contributed by atoms with Gasteiger partial charge in [-0.3, -0.25) is 15.0 Å². The van der Waals surface area contributed by atoms with Crippen molar-refractivity contribution in [3.63, 3.8) is 0 Å². The summed E-state index contributed by atoms with van der Waals surface area (Å²) in [5.74, 6) is -0.331. The fraction of sp³-hybridized carbons (Fsp3) is 0.333. The molecule has 0 radical (unpaired) electrons. The first-order chi connectivity index (χ1) is 8.04. The lowest BCUT2D eigenvalue weighted by atomic mass is 9.90. The van der Waals surface area contributed by atoms with Gasteiger partial charge in [0.15, 0.2) is 0 Å². The van der Waals surface area contributed by atoms with E-state index in [9.17, 15) is 14.7 Å². The summed E-state index contributed by atoms with van der Waals surface area (Å²) in [6, 6.07) is -0.450. The molecule has 1 aliphatic heterocycles. The minimum atomic E-state index is -1.02. The highest BCUT2D eigenvalue weighted by Gasteiger charge is 2.32. The molecule has 3 amide bonds. The summed E-state index contributed by atoms with van der Waals surface area (Å²) in [6.45, 7) is 3.59. The van der Waals surface area contributed by atoms with E-state index in [1.54, 1.807) is 24.3 Å². The summed E-state index contributed by atoms with van der Waals surface area (Å²) in [6.07, 6.45) is 7.64. The van der Waals surface area contributed by atoms with Crippen LogP contribution in [0.5, 0.6) is 0 Å². The van der Waals surface area contributed by atoms with E-state index in [1.165, 1.54) is 4.90 Å². The monoisotopic (exact) mass is 234 g/mol. The number of allylic oxidation sites excluding steroid dienone is 1. The van der Waals surface area contributed by atoms with Crippen molar-refractivity contribution in [1.29, 1.82) is 0 Å². The average molecular weight is 234 g/mol. The molecule has 0 spiro atoms. The lowest BCUT2D eigenvalue weighted by Gasteiger charge is -2.28. The molecule has 2 N–H and O–H groups in total. The van der Waals surface area contributed by atoms with Crippen LogP contribution in [0.1, 0.15) is 12.8 Å². The largest absolute Gasteiger partial charge is 0.385 e. The van der Waals surface area contributed by atoms with Crippen molar-refractivity contribution in [3.05, 3.63) is 36.6 Å². The molecular formula is C12H14N2O3. The zero-order chi connectivity index (χ0) is 12.5. The third-order valence-electron chi connectivity index (χ3n) is 2.78. The Morgan fingerprint density at radius 3 is 2.94 bits per heavy atom. The van der Waals surface area contributed by atoms with E-state index in [2.05, 4.69) is 11.9 Å². The number of carbonyl (C=O) groups excluding carboxylic acids is 2. The van der Waals surface area contributed by atoms with E-state index in [4.69, 9.17) is 0 Å². The maximum Gasteiger partial charge on any atom is 0.329 e. The number of nitrogens with zero attached hydrogens (tertiary/aromatic N) is 1. The lowest BCUT2D eigenvalue weighted by Crippen LogP contribution is -2.33. The number of carbonyl (C=O) groups is 2. The maximum absolute atomic E-state index is 11.5. The normalized spacial score (nSPS) is 28.1. The molecule has 0 bridgehead atoms. The summed E-state index contributed by atoms with van der Waals surface area (Å²) in [5, 5.41) is 12.4. The van der Waals surface area contributed by atoms with Crippen molar-refractivity contribution in [3.8, 4) is 0 Å². The second-order valence-electron chi connectivity index (χ2n) is 4.21. The lowest BCUT2D eigenvalue weighted by molar-refractivity contribution is -0.118. The molecule has 5 nitrogen and oxygen atoms in total. The number of hydrogen-bond donors (Lipinski definition) is 2. The summed E-state index contributed by atoms with van der Waals surface area (Å²) in [4.78, 5) is 23.9. The molecule has 1 saturated heterocycles. The molecule has 0 aromatic heterocycles. The van der Waals surface area contributed by atoms with Gasteiger partial charge in [-0.15, -0.1) is 6.58 Å². The molecule has 1 fully saturated rings. The predicted octanol–water partition coefficient (Wildman–Crippen LogP) is 0.689. The molecule has 1 aliphatic carbocycles. The van der Waals surface area contributed by atoms with Gasteiger partial charge in [-0.2, -0.15) is 0 Å². The van der Waals surface area contributed by atoms with E-state index in [0.717, 1.165) is 0 Å². The van der Waals surface area contributed by atoms with E-state index in [0.29, 0.717) is 18.5 Å². The van der Waals surface area contributed by atoms with Crippen molar-refractivity contribution < 1.29 is 14.7 Å². The second kappa shape index (κ2) is 4.18. The highest BCUT2D eigenvalue weighted by molar-refractivity contribution is 6.03. The fourth-order valence-corrected chi connectivity index (χ4v) is 1.98. The molecule has 0 saturated carbocycles. The number of hydrogen-bond acceptors (Lipinski definition) is 3. The number of amides is 3. The first-order valence-corrected chi connectivity index (χ1v) is 5.38. The van der Waals surface area contributed by atoms with Crippen LogP contribution in [0.4, 0.5) is 4.79 Å². The summed E-state index contributed by atoms with van der Waals surface area (Å²) >= 11 is 0. The smallest absolute Gasteiger partial charge is 0.329 e. The van der Waals surface area contributed by atoms with Crippen LogP contribution in [0.3, 0.4) is 0 Å². The number of imide groups is 1. The van der Waals surface area contributed by atoms with Crippen molar-refractivity contribution in [1.82, 2.24) is 10.2 Å². The minimum absolute atomic E-state index is 0.000818. The number of aliphatic hydroxyl groups is 1. The topological polar surface area (TPSA) is 69.6 Å². The van der Waals surface area contributed by atoms with Crippen LogP contribution in [-0.2, 0) is 4.79 Å². The number of rotatable bonds is 3. The van der Waals surface area contributed by atoms with Crippen molar-refractivity contribution in [2.24, 2.45) is 0 Å². The molecule has 0 aromatic carbocycles. The third kappa shape index (κ3) is 2.29. The van der Waals surface area contributed by atoms with Crippen molar-refractivity contribution >= 4 is 11.9 Å². The van der Waals surface area contributed by atoms with Crippen LogP contribution >= 0.6 is 0 Å². The Labute approximate surface area is 99.1 Å². The summed E-state index contributed by atoms with van der Waals surface area (Å²) in [7, 11) is 0. The Bertz CT molecular complexity index is 435. The first-order valence-electron chi connectivity index (χ1n) is 5.38. The SMILES string of the molecule is C=CCC1(O)C=C(N2CC(=O)NC2=O)C=CC1. The Morgan fingerprint density at radius 2 is 2.35 bits per heavy atom. The van der Waals surface area contributed by atoms with Crippen LogP contribution in [0.25, 0.3) is 0 Å². The number of nitrogens with one attached hydrogen (secondary N) is 1. The van der Waals surface area contributed by atoms with E-state index in [-0.39, 0.29) is 12.5 Å². The molecule has 0 aromatic rings. The van der Waals surface area contributed by atoms with Crippen LogP contribution in [-0.4, -0.2) is 34.1 Å². The Hall–Kier alpha value is -1.88. The zero-order valence-electron chi connectivity index (χ0n) is 9.35. The van der Waals surface area contributed by atoms with Gasteiger partial charge in [0.05, 0.1) is 5.60 Å². The van der Waals surface area contributed by atoms with Gasteiger partial charge in [0.1, 0.15) is 6.54 Å². The second-order valence-corrected chi connectivity index (χ2v) is 4.21. The maximum atomic E-state index is 11.5. The quantitative estimate of drug-likeness (QED) is 0.557. The Morgan fingerprint density at radius 1 is 1.59 bits per heavy atom. The van der Waals surface area contributed by atoms with E-state index in [1.807, 2.05) is 0 Å². The molecule has 90 valence electrons. The summed E-state index contributed by atoms with van der Waals surface area (Å²) < 4.78 is 0. The summed E-state index contributed by atoms with van der Waals surface area (Å²) in [5.41, 5.74) is -0.471. The minimum Gasteiger partial charge on any atom is -0.385 e. The fourth-order valence-electron chi connectivity index (χ4n) is 1.98. The Balaban J connectivity index is 2.23. The predicted molar refractivity (Wildman–Crippen MR) is 61.8 cm³/mol. The Kier molecular flexibility index (Phi) is 2.85. The molecule has 17 heavy (non-hydrogen) atoms. The average Bonchev–Trinajstić information content (AvgIpc) is 2.58. The molecule has 1 atom stereocenters. The van der Waals surface area contributed by atoms with Crippen LogP contribution in [0.15, 0.2) is 36.6 Å². The van der Waals surface area contributed by atoms with E-state index < -0.39 is 11.6 Å². The first kappa shape index (κ1) is 11.6. The molecule has 1 heterocycles. The highest BCUT2D eigenvalue weighted by Crippen LogP contribution is 2.27.